The van der Waals surface area contributed by atoms with Gasteiger partial charge in [0.2, 0.25) is 0 Å². The van der Waals surface area contributed by atoms with Crippen molar-refractivity contribution >= 4 is 5.90 Å². The first-order chi connectivity index (χ1) is 6.72. The molecular formula is C12H23NO. The maximum atomic E-state index is 5.56. The summed E-state index contributed by atoms with van der Waals surface area (Å²) in [7, 11) is 0. The zero-order valence-electron chi connectivity index (χ0n) is 9.75. The molecule has 1 heterocycles. The first-order valence-corrected chi connectivity index (χ1v) is 5.91. The van der Waals surface area contributed by atoms with Gasteiger partial charge in [-0.1, -0.05) is 33.6 Å². The van der Waals surface area contributed by atoms with Gasteiger partial charge in [0.15, 0.2) is 5.90 Å². The predicted octanol–water partition coefficient (Wildman–Crippen LogP) is 3.41. The van der Waals surface area contributed by atoms with Crippen molar-refractivity contribution in [2.75, 3.05) is 6.61 Å². The second-order valence-electron chi connectivity index (χ2n) is 4.57. The van der Waals surface area contributed by atoms with E-state index in [1.54, 1.807) is 0 Å². The molecule has 0 unspecified atom stereocenters. The number of hydrogen-bond acceptors (Lipinski definition) is 2. The molecule has 2 nitrogen and oxygen atoms in total. The van der Waals surface area contributed by atoms with Gasteiger partial charge in [0.05, 0.1) is 6.04 Å². The average Bonchev–Trinajstić information content (AvgIpc) is 2.52. The van der Waals surface area contributed by atoms with Crippen molar-refractivity contribution in [2.24, 2.45) is 10.9 Å². The molecule has 1 aliphatic heterocycles. The Labute approximate surface area is 87.8 Å². The summed E-state index contributed by atoms with van der Waals surface area (Å²) in [6.07, 6.45) is 5.99. The van der Waals surface area contributed by atoms with Crippen LogP contribution in [0, 0.1) is 5.92 Å². The van der Waals surface area contributed by atoms with Crippen molar-refractivity contribution in [3.05, 3.63) is 0 Å². The van der Waals surface area contributed by atoms with E-state index in [1.807, 2.05) is 0 Å². The molecule has 1 aliphatic rings. The summed E-state index contributed by atoms with van der Waals surface area (Å²) < 4.78 is 5.56. The molecule has 0 aromatic carbocycles. The molecule has 1 atom stereocenters. The molecule has 0 bridgehead atoms. The normalized spacial score (nSPS) is 21.1. The van der Waals surface area contributed by atoms with Crippen LogP contribution in [0.2, 0.25) is 0 Å². The Bertz CT molecular complexity index is 187. The Morgan fingerprint density at radius 2 is 2.21 bits per heavy atom. The fourth-order valence-corrected chi connectivity index (χ4v) is 1.80. The summed E-state index contributed by atoms with van der Waals surface area (Å²) in [5, 5.41) is 0. The molecule has 0 radical (unpaired) electrons. The smallest absolute Gasteiger partial charge is 0.183 e. The van der Waals surface area contributed by atoms with E-state index in [4.69, 9.17) is 4.74 Å². The van der Waals surface area contributed by atoms with Crippen LogP contribution in [-0.4, -0.2) is 18.5 Å². The highest BCUT2D eigenvalue weighted by molar-refractivity contribution is 5.77. The molecule has 0 amide bonds. The largest absolute Gasteiger partial charge is 0.479 e. The Kier molecular flexibility index (Phi) is 4.99. The van der Waals surface area contributed by atoms with Crippen LogP contribution in [0.25, 0.3) is 0 Å². The number of nitrogens with zero attached hydrogens (tertiary/aromatic N) is 1. The molecule has 0 spiro atoms. The van der Waals surface area contributed by atoms with Gasteiger partial charge in [-0.2, -0.15) is 0 Å². The fraction of sp³-hybridized carbons (Fsp3) is 0.917. The van der Waals surface area contributed by atoms with Crippen molar-refractivity contribution in [3.8, 4) is 0 Å². The summed E-state index contributed by atoms with van der Waals surface area (Å²) in [6, 6.07) is 0.437. The van der Waals surface area contributed by atoms with Crippen LogP contribution in [0.5, 0.6) is 0 Å². The van der Waals surface area contributed by atoms with Crippen molar-refractivity contribution in [3.63, 3.8) is 0 Å². The van der Waals surface area contributed by atoms with Gasteiger partial charge < -0.3 is 4.74 Å². The van der Waals surface area contributed by atoms with E-state index < -0.39 is 0 Å². The van der Waals surface area contributed by atoms with Crippen LogP contribution in [0.4, 0.5) is 0 Å². The lowest BCUT2D eigenvalue weighted by atomic mass is 10.1. The minimum absolute atomic E-state index is 0.437. The van der Waals surface area contributed by atoms with Gasteiger partial charge in [0, 0.05) is 6.42 Å². The molecule has 0 aromatic heterocycles. The van der Waals surface area contributed by atoms with Gasteiger partial charge in [-0.05, 0) is 18.8 Å². The molecule has 0 saturated heterocycles. The van der Waals surface area contributed by atoms with E-state index in [2.05, 4.69) is 25.8 Å². The van der Waals surface area contributed by atoms with Gasteiger partial charge >= 0.3 is 0 Å². The quantitative estimate of drug-likeness (QED) is 0.598. The maximum absolute atomic E-state index is 5.56. The maximum Gasteiger partial charge on any atom is 0.183 e. The SMILES string of the molecule is CCCCCC1=N[C@@H](CC(C)C)CO1. The molecule has 82 valence electrons. The number of aliphatic imine (C=N–C) groups is 1. The van der Waals surface area contributed by atoms with Crippen molar-refractivity contribution < 1.29 is 4.74 Å². The van der Waals surface area contributed by atoms with Gasteiger partial charge in [-0.15, -0.1) is 0 Å². The van der Waals surface area contributed by atoms with Crippen molar-refractivity contribution in [1.82, 2.24) is 0 Å². The standard InChI is InChI=1S/C12H23NO/c1-4-5-6-7-12-13-11(9-14-12)8-10(2)3/h10-11H,4-9H2,1-3H3/t11-/m0/s1. The van der Waals surface area contributed by atoms with Crippen LogP contribution in [0.15, 0.2) is 4.99 Å². The minimum Gasteiger partial charge on any atom is -0.479 e. The molecular weight excluding hydrogens is 174 g/mol. The molecule has 14 heavy (non-hydrogen) atoms. The number of rotatable bonds is 6. The summed E-state index contributed by atoms with van der Waals surface area (Å²) in [4.78, 5) is 4.59. The van der Waals surface area contributed by atoms with Crippen LogP contribution in [0.1, 0.15) is 52.9 Å². The van der Waals surface area contributed by atoms with E-state index >= 15 is 0 Å². The first-order valence-electron chi connectivity index (χ1n) is 5.91. The Morgan fingerprint density at radius 3 is 2.86 bits per heavy atom. The zero-order chi connectivity index (χ0) is 10.4. The number of ether oxygens (including phenoxy) is 1. The lowest BCUT2D eigenvalue weighted by Gasteiger charge is -2.06. The summed E-state index contributed by atoms with van der Waals surface area (Å²) in [6.45, 7) is 7.52. The molecule has 0 saturated carbocycles. The van der Waals surface area contributed by atoms with Gasteiger partial charge in [-0.25, -0.2) is 4.99 Å². The van der Waals surface area contributed by atoms with Gasteiger partial charge in [0.25, 0.3) is 0 Å². The molecule has 0 aliphatic carbocycles. The van der Waals surface area contributed by atoms with E-state index in [0.29, 0.717) is 6.04 Å². The molecule has 1 rings (SSSR count). The second kappa shape index (κ2) is 6.05. The summed E-state index contributed by atoms with van der Waals surface area (Å²) >= 11 is 0. The second-order valence-corrected chi connectivity index (χ2v) is 4.57. The minimum atomic E-state index is 0.437. The van der Waals surface area contributed by atoms with Crippen molar-refractivity contribution in [2.45, 2.75) is 58.9 Å². The first kappa shape index (κ1) is 11.5. The van der Waals surface area contributed by atoms with E-state index in [9.17, 15) is 0 Å². The molecule has 0 N–H and O–H groups in total. The van der Waals surface area contributed by atoms with Gasteiger partial charge in [0.1, 0.15) is 6.61 Å². The van der Waals surface area contributed by atoms with Crippen LogP contribution in [0.3, 0.4) is 0 Å². The summed E-state index contributed by atoms with van der Waals surface area (Å²) in [5.74, 6) is 1.73. The third kappa shape index (κ3) is 4.12. The van der Waals surface area contributed by atoms with Crippen LogP contribution < -0.4 is 0 Å². The Balaban J connectivity index is 2.20. The van der Waals surface area contributed by atoms with E-state index in [1.165, 1.54) is 19.3 Å². The average molecular weight is 197 g/mol. The summed E-state index contributed by atoms with van der Waals surface area (Å²) in [5.41, 5.74) is 0. The number of hydrogen-bond donors (Lipinski definition) is 0. The third-order valence-electron chi connectivity index (χ3n) is 2.51. The molecule has 0 aromatic rings. The van der Waals surface area contributed by atoms with Crippen LogP contribution >= 0.6 is 0 Å². The Hall–Kier alpha value is -0.530. The lowest BCUT2D eigenvalue weighted by Crippen LogP contribution is -2.09. The molecule has 2 heteroatoms. The third-order valence-corrected chi connectivity index (χ3v) is 2.51. The zero-order valence-corrected chi connectivity index (χ0v) is 9.75. The lowest BCUT2D eigenvalue weighted by molar-refractivity contribution is 0.294. The number of unbranched alkanes of at least 4 members (excludes halogenated alkanes) is 2. The highest BCUT2D eigenvalue weighted by Crippen LogP contribution is 2.16. The highest BCUT2D eigenvalue weighted by atomic mass is 16.5. The Morgan fingerprint density at radius 1 is 1.43 bits per heavy atom. The van der Waals surface area contributed by atoms with E-state index in [0.717, 1.165) is 31.3 Å². The topological polar surface area (TPSA) is 21.6 Å². The fourth-order valence-electron chi connectivity index (χ4n) is 1.80. The van der Waals surface area contributed by atoms with E-state index in [-0.39, 0.29) is 0 Å². The molecule has 0 fully saturated rings. The van der Waals surface area contributed by atoms with Crippen molar-refractivity contribution in [1.29, 1.82) is 0 Å². The predicted molar refractivity (Wildman–Crippen MR) is 60.8 cm³/mol. The van der Waals surface area contributed by atoms with Gasteiger partial charge in [-0.3, -0.25) is 0 Å². The highest BCUT2D eigenvalue weighted by Gasteiger charge is 2.18. The monoisotopic (exact) mass is 197 g/mol. The van der Waals surface area contributed by atoms with Crippen LogP contribution in [-0.2, 0) is 4.74 Å².